The fourth-order valence-corrected chi connectivity index (χ4v) is 1.79. The van der Waals surface area contributed by atoms with Crippen LogP contribution < -0.4 is 11.3 Å². The lowest BCUT2D eigenvalue weighted by Crippen LogP contribution is -2.36. The lowest BCUT2D eigenvalue weighted by atomic mass is 9.99. The molecule has 1 unspecified atom stereocenters. The van der Waals surface area contributed by atoms with Crippen molar-refractivity contribution in [2.24, 2.45) is 5.84 Å². The summed E-state index contributed by atoms with van der Waals surface area (Å²) in [5, 5.41) is 0. The number of hydrazine groups is 1. The van der Waals surface area contributed by atoms with Crippen LogP contribution >= 0.6 is 0 Å². The Balaban J connectivity index is 2.52. The molecule has 0 fully saturated rings. The molecule has 2 nitrogen and oxygen atoms in total. The molecule has 16 heavy (non-hydrogen) atoms. The van der Waals surface area contributed by atoms with Crippen molar-refractivity contribution in [3.8, 4) is 0 Å². The van der Waals surface area contributed by atoms with E-state index in [4.69, 9.17) is 5.84 Å². The van der Waals surface area contributed by atoms with Crippen LogP contribution in [0.1, 0.15) is 30.9 Å². The van der Waals surface area contributed by atoms with Gasteiger partial charge < -0.3 is 0 Å². The van der Waals surface area contributed by atoms with Gasteiger partial charge in [-0.3, -0.25) is 11.3 Å². The summed E-state index contributed by atoms with van der Waals surface area (Å²) in [4.78, 5) is 0. The third kappa shape index (κ3) is 4.60. The van der Waals surface area contributed by atoms with Gasteiger partial charge in [0.1, 0.15) is 0 Å². The Hall–Kier alpha value is -1.12. The topological polar surface area (TPSA) is 38.0 Å². The molecule has 0 saturated heterocycles. The minimum absolute atomic E-state index is 0.332. The molecule has 0 amide bonds. The molecule has 88 valence electrons. The molecule has 1 aromatic carbocycles. The molecule has 0 aromatic heterocycles. The molecule has 0 heterocycles. The van der Waals surface area contributed by atoms with Gasteiger partial charge in [-0.25, -0.2) is 0 Å². The molecule has 2 heteroatoms. The van der Waals surface area contributed by atoms with Crippen LogP contribution in [0.3, 0.4) is 0 Å². The minimum atomic E-state index is 0.332. The Morgan fingerprint density at radius 1 is 1.50 bits per heavy atom. The third-order valence-electron chi connectivity index (χ3n) is 2.72. The molecule has 1 rings (SSSR count). The van der Waals surface area contributed by atoms with Crippen LogP contribution in [-0.2, 0) is 6.42 Å². The van der Waals surface area contributed by atoms with Gasteiger partial charge in [0.25, 0.3) is 0 Å². The first-order valence-corrected chi connectivity index (χ1v) is 5.78. The molecular weight excluding hydrogens is 196 g/mol. The molecule has 0 saturated carbocycles. The summed E-state index contributed by atoms with van der Waals surface area (Å²) in [7, 11) is 0. The fraction of sp³-hybridized carbons (Fsp3) is 0.429. The van der Waals surface area contributed by atoms with Gasteiger partial charge in [-0.15, -0.1) is 6.58 Å². The number of allylic oxidation sites excluding steroid dienone is 1. The summed E-state index contributed by atoms with van der Waals surface area (Å²) >= 11 is 0. The molecule has 0 aliphatic carbocycles. The lowest BCUT2D eigenvalue weighted by Gasteiger charge is -2.16. The second-order valence-electron chi connectivity index (χ2n) is 4.55. The van der Waals surface area contributed by atoms with E-state index >= 15 is 0 Å². The van der Waals surface area contributed by atoms with Crippen molar-refractivity contribution in [2.45, 2.75) is 39.2 Å². The molecule has 1 atom stereocenters. The van der Waals surface area contributed by atoms with Gasteiger partial charge in [-0.2, -0.15) is 0 Å². The molecule has 1 aromatic rings. The van der Waals surface area contributed by atoms with E-state index in [-0.39, 0.29) is 0 Å². The second kappa shape index (κ2) is 6.46. The van der Waals surface area contributed by atoms with Crippen LogP contribution in [0.15, 0.2) is 36.4 Å². The first kappa shape index (κ1) is 12.9. The van der Waals surface area contributed by atoms with E-state index in [9.17, 15) is 0 Å². The van der Waals surface area contributed by atoms with Gasteiger partial charge in [0.2, 0.25) is 0 Å². The Morgan fingerprint density at radius 3 is 2.81 bits per heavy atom. The first-order valence-electron chi connectivity index (χ1n) is 5.78. The van der Waals surface area contributed by atoms with Gasteiger partial charge in [0.15, 0.2) is 0 Å². The van der Waals surface area contributed by atoms with Gasteiger partial charge in [0, 0.05) is 6.04 Å². The number of hydrogen-bond acceptors (Lipinski definition) is 2. The highest BCUT2D eigenvalue weighted by Gasteiger charge is 2.07. The maximum atomic E-state index is 5.57. The van der Waals surface area contributed by atoms with E-state index in [1.807, 2.05) is 0 Å². The Bertz CT molecular complexity index is 344. The smallest absolute Gasteiger partial charge is 0.0253 e. The SMILES string of the molecule is C=C(C)CCC(Cc1cccc(C)c1)NN. The fourth-order valence-electron chi connectivity index (χ4n) is 1.79. The van der Waals surface area contributed by atoms with Gasteiger partial charge in [-0.1, -0.05) is 35.4 Å². The lowest BCUT2D eigenvalue weighted by molar-refractivity contribution is 0.491. The second-order valence-corrected chi connectivity index (χ2v) is 4.55. The molecule has 0 radical (unpaired) electrons. The highest BCUT2D eigenvalue weighted by atomic mass is 15.2. The number of nitrogens with two attached hydrogens (primary N) is 1. The summed E-state index contributed by atoms with van der Waals surface area (Å²) in [6, 6.07) is 8.90. The van der Waals surface area contributed by atoms with Crippen LogP contribution in [0, 0.1) is 6.92 Å². The van der Waals surface area contributed by atoms with E-state index in [1.165, 1.54) is 16.7 Å². The van der Waals surface area contributed by atoms with E-state index in [0.717, 1.165) is 19.3 Å². The Kier molecular flexibility index (Phi) is 5.23. The molecular formula is C14H22N2. The van der Waals surface area contributed by atoms with Crippen molar-refractivity contribution >= 4 is 0 Å². The van der Waals surface area contributed by atoms with Crippen LogP contribution in [0.4, 0.5) is 0 Å². The van der Waals surface area contributed by atoms with E-state index in [0.29, 0.717) is 6.04 Å². The van der Waals surface area contributed by atoms with E-state index in [2.05, 4.69) is 50.1 Å². The Morgan fingerprint density at radius 2 is 2.25 bits per heavy atom. The minimum Gasteiger partial charge on any atom is -0.271 e. The summed E-state index contributed by atoms with van der Waals surface area (Å²) in [5.41, 5.74) is 6.73. The van der Waals surface area contributed by atoms with Gasteiger partial charge in [-0.05, 0) is 38.7 Å². The first-order chi connectivity index (χ1) is 7.61. The molecule has 3 N–H and O–H groups in total. The number of benzene rings is 1. The highest BCUT2D eigenvalue weighted by Crippen LogP contribution is 2.11. The maximum absolute atomic E-state index is 5.57. The standard InChI is InChI=1S/C14H22N2/c1-11(2)7-8-14(16-15)10-13-6-4-5-12(3)9-13/h4-6,9,14,16H,1,7-8,10,15H2,2-3H3. The van der Waals surface area contributed by atoms with E-state index < -0.39 is 0 Å². The van der Waals surface area contributed by atoms with Crippen LogP contribution in [0.25, 0.3) is 0 Å². The zero-order valence-corrected chi connectivity index (χ0v) is 10.3. The number of hydrogen-bond donors (Lipinski definition) is 2. The predicted octanol–water partition coefficient (Wildman–Crippen LogP) is 2.73. The largest absolute Gasteiger partial charge is 0.271 e. The molecule has 0 aliphatic heterocycles. The van der Waals surface area contributed by atoms with Crippen molar-refractivity contribution in [3.05, 3.63) is 47.5 Å². The van der Waals surface area contributed by atoms with Crippen molar-refractivity contribution < 1.29 is 0 Å². The van der Waals surface area contributed by atoms with E-state index in [1.54, 1.807) is 0 Å². The Labute approximate surface area is 98.5 Å². The molecule has 0 spiro atoms. The number of nitrogens with one attached hydrogen (secondary N) is 1. The van der Waals surface area contributed by atoms with Crippen molar-refractivity contribution in [3.63, 3.8) is 0 Å². The normalized spacial score (nSPS) is 12.4. The maximum Gasteiger partial charge on any atom is 0.0253 e. The number of rotatable bonds is 6. The van der Waals surface area contributed by atoms with Gasteiger partial charge >= 0.3 is 0 Å². The third-order valence-corrected chi connectivity index (χ3v) is 2.72. The predicted molar refractivity (Wildman–Crippen MR) is 70.0 cm³/mol. The monoisotopic (exact) mass is 218 g/mol. The summed E-state index contributed by atoms with van der Waals surface area (Å²) in [6.07, 6.45) is 3.05. The quantitative estimate of drug-likeness (QED) is 0.438. The van der Waals surface area contributed by atoms with Crippen molar-refractivity contribution in [2.75, 3.05) is 0 Å². The zero-order valence-electron chi connectivity index (χ0n) is 10.3. The average Bonchev–Trinajstić information content (AvgIpc) is 2.24. The van der Waals surface area contributed by atoms with Crippen LogP contribution in [0.5, 0.6) is 0 Å². The average molecular weight is 218 g/mol. The van der Waals surface area contributed by atoms with Crippen LogP contribution in [0.2, 0.25) is 0 Å². The summed E-state index contributed by atoms with van der Waals surface area (Å²) in [6.45, 7) is 8.08. The van der Waals surface area contributed by atoms with Crippen LogP contribution in [-0.4, -0.2) is 6.04 Å². The molecule has 0 aliphatic rings. The summed E-state index contributed by atoms with van der Waals surface area (Å²) in [5.74, 6) is 5.57. The van der Waals surface area contributed by atoms with Crippen molar-refractivity contribution in [1.29, 1.82) is 0 Å². The van der Waals surface area contributed by atoms with Crippen molar-refractivity contribution in [1.82, 2.24) is 5.43 Å². The highest BCUT2D eigenvalue weighted by molar-refractivity contribution is 5.23. The summed E-state index contributed by atoms with van der Waals surface area (Å²) < 4.78 is 0. The zero-order chi connectivity index (χ0) is 12.0. The van der Waals surface area contributed by atoms with Gasteiger partial charge in [0.05, 0.1) is 0 Å². The number of aryl methyl sites for hydroxylation is 1. The molecule has 0 bridgehead atoms.